The first-order chi connectivity index (χ1) is 6.83. The monoisotopic (exact) mass is 202 g/mol. The topological polar surface area (TPSA) is 59.6 Å². The average molecular weight is 202 g/mol. The van der Waals surface area contributed by atoms with Gasteiger partial charge in [-0.1, -0.05) is 0 Å². The summed E-state index contributed by atoms with van der Waals surface area (Å²) in [4.78, 5) is 10.7. The molecular weight excluding hydrogens is 184 g/mol. The second kappa shape index (κ2) is 6.62. The first-order valence-electron chi connectivity index (χ1n) is 4.96. The molecule has 1 heterocycles. The summed E-state index contributed by atoms with van der Waals surface area (Å²) < 4.78 is 9.76. The molecule has 0 aromatic carbocycles. The second-order valence-electron chi connectivity index (χ2n) is 3.29. The van der Waals surface area contributed by atoms with Crippen LogP contribution in [0.2, 0.25) is 0 Å². The smallest absolute Gasteiger partial charge is 0.406 e. The lowest BCUT2D eigenvalue weighted by atomic mass is 10.1. The Bertz CT molecular complexity index is 169. The maximum Gasteiger partial charge on any atom is 0.406 e. The van der Waals surface area contributed by atoms with E-state index >= 15 is 0 Å². The summed E-state index contributed by atoms with van der Waals surface area (Å²) in [6, 6.07) is 0.434. The van der Waals surface area contributed by atoms with Crippen molar-refractivity contribution in [1.29, 1.82) is 0 Å². The molecule has 0 saturated carbocycles. The molecule has 0 aliphatic carbocycles. The van der Waals surface area contributed by atoms with Crippen LogP contribution in [0, 0.1) is 0 Å². The summed E-state index contributed by atoms with van der Waals surface area (Å²) in [5.74, 6) is 0. The van der Waals surface area contributed by atoms with Crippen molar-refractivity contribution >= 4 is 6.09 Å². The maximum atomic E-state index is 10.7. The number of carbonyl (C=O) groups is 1. The number of alkyl carbamates (subject to hydrolysis) is 1. The second-order valence-corrected chi connectivity index (χ2v) is 3.29. The third-order valence-corrected chi connectivity index (χ3v) is 2.18. The number of carbonyl (C=O) groups excluding carboxylic acids is 1. The van der Waals surface area contributed by atoms with Gasteiger partial charge in [-0.05, 0) is 12.8 Å². The highest BCUT2D eigenvalue weighted by Crippen LogP contribution is 2.00. The number of ether oxygens (including phenoxy) is 2. The van der Waals surface area contributed by atoms with Gasteiger partial charge < -0.3 is 20.1 Å². The lowest BCUT2D eigenvalue weighted by molar-refractivity contribution is 0.0735. The Hall–Kier alpha value is -0.810. The number of hydrogen-bond acceptors (Lipinski definition) is 4. The summed E-state index contributed by atoms with van der Waals surface area (Å²) >= 11 is 0. The molecule has 0 aromatic heterocycles. The van der Waals surface area contributed by atoms with Gasteiger partial charge in [0.15, 0.2) is 0 Å². The average Bonchev–Trinajstić information content (AvgIpc) is 2.25. The Morgan fingerprint density at radius 1 is 1.71 bits per heavy atom. The van der Waals surface area contributed by atoms with Crippen LogP contribution in [0.25, 0.3) is 0 Å². The summed E-state index contributed by atoms with van der Waals surface area (Å²) in [5, 5.41) is 5.99. The van der Waals surface area contributed by atoms with E-state index < -0.39 is 0 Å². The molecule has 5 heteroatoms. The minimum Gasteiger partial charge on any atom is -0.453 e. The van der Waals surface area contributed by atoms with E-state index in [2.05, 4.69) is 15.4 Å². The molecule has 0 spiro atoms. The molecule has 0 bridgehead atoms. The largest absolute Gasteiger partial charge is 0.453 e. The molecule has 14 heavy (non-hydrogen) atoms. The van der Waals surface area contributed by atoms with Crippen molar-refractivity contribution in [3.05, 3.63) is 0 Å². The lowest BCUT2D eigenvalue weighted by Crippen LogP contribution is -2.41. The van der Waals surface area contributed by atoms with Gasteiger partial charge in [0, 0.05) is 19.1 Å². The molecular formula is C9H18N2O3. The van der Waals surface area contributed by atoms with E-state index in [1.807, 2.05) is 0 Å². The van der Waals surface area contributed by atoms with Crippen LogP contribution >= 0.6 is 0 Å². The molecule has 1 aliphatic heterocycles. The molecule has 5 nitrogen and oxygen atoms in total. The Morgan fingerprint density at radius 3 is 3.21 bits per heavy atom. The number of methoxy groups -OCH3 is 1. The standard InChI is InChI=1S/C9H18N2O3/c1-13-9(12)11-4-2-3-8-7-14-6-5-10-8/h8,10H,2-7H2,1H3,(H,11,12). The molecule has 82 valence electrons. The SMILES string of the molecule is COC(=O)NCCCC1COCCN1. The fourth-order valence-corrected chi connectivity index (χ4v) is 1.42. The molecule has 0 aromatic rings. The molecule has 0 radical (unpaired) electrons. The van der Waals surface area contributed by atoms with Gasteiger partial charge in [0.05, 0.1) is 20.3 Å². The molecule has 1 unspecified atom stereocenters. The van der Waals surface area contributed by atoms with E-state index in [0.717, 1.165) is 32.6 Å². The molecule has 1 aliphatic rings. The van der Waals surface area contributed by atoms with Crippen molar-refractivity contribution in [2.24, 2.45) is 0 Å². The zero-order chi connectivity index (χ0) is 10.2. The Morgan fingerprint density at radius 2 is 2.57 bits per heavy atom. The van der Waals surface area contributed by atoms with Crippen LogP contribution in [0.4, 0.5) is 4.79 Å². The van der Waals surface area contributed by atoms with Crippen LogP contribution < -0.4 is 10.6 Å². The summed E-state index contributed by atoms with van der Waals surface area (Å²) in [7, 11) is 1.37. The quantitative estimate of drug-likeness (QED) is 0.635. The van der Waals surface area contributed by atoms with Crippen molar-refractivity contribution in [2.45, 2.75) is 18.9 Å². The molecule has 1 amide bonds. The molecule has 1 fully saturated rings. The van der Waals surface area contributed by atoms with E-state index in [1.165, 1.54) is 7.11 Å². The van der Waals surface area contributed by atoms with Crippen molar-refractivity contribution in [1.82, 2.24) is 10.6 Å². The highest BCUT2D eigenvalue weighted by Gasteiger charge is 2.11. The fourth-order valence-electron chi connectivity index (χ4n) is 1.42. The van der Waals surface area contributed by atoms with Gasteiger partial charge in [-0.15, -0.1) is 0 Å². The Labute approximate surface area is 84.1 Å². The van der Waals surface area contributed by atoms with Gasteiger partial charge in [0.25, 0.3) is 0 Å². The Kier molecular flexibility index (Phi) is 5.32. The number of nitrogens with one attached hydrogen (secondary N) is 2. The highest BCUT2D eigenvalue weighted by atomic mass is 16.5. The van der Waals surface area contributed by atoms with E-state index in [-0.39, 0.29) is 6.09 Å². The first-order valence-corrected chi connectivity index (χ1v) is 4.96. The van der Waals surface area contributed by atoms with Crippen molar-refractivity contribution in [3.63, 3.8) is 0 Å². The van der Waals surface area contributed by atoms with Crippen LogP contribution in [-0.2, 0) is 9.47 Å². The first kappa shape index (κ1) is 11.3. The van der Waals surface area contributed by atoms with E-state index in [1.54, 1.807) is 0 Å². The van der Waals surface area contributed by atoms with E-state index in [4.69, 9.17) is 4.74 Å². The fraction of sp³-hybridized carbons (Fsp3) is 0.889. The summed E-state index contributed by atoms with van der Waals surface area (Å²) in [5.41, 5.74) is 0. The van der Waals surface area contributed by atoms with Crippen LogP contribution in [0.3, 0.4) is 0 Å². The van der Waals surface area contributed by atoms with Crippen molar-refractivity contribution < 1.29 is 14.3 Å². The van der Waals surface area contributed by atoms with Crippen LogP contribution in [-0.4, -0.2) is 45.5 Å². The van der Waals surface area contributed by atoms with E-state index in [0.29, 0.717) is 12.6 Å². The molecule has 1 saturated heterocycles. The predicted molar refractivity (Wildman–Crippen MR) is 52.3 cm³/mol. The van der Waals surface area contributed by atoms with Crippen LogP contribution in [0.15, 0.2) is 0 Å². The number of amides is 1. The zero-order valence-electron chi connectivity index (χ0n) is 8.54. The third-order valence-electron chi connectivity index (χ3n) is 2.18. The zero-order valence-corrected chi connectivity index (χ0v) is 8.54. The van der Waals surface area contributed by atoms with Gasteiger partial charge in [-0.3, -0.25) is 0 Å². The Balaban J connectivity index is 1.94. The van der Waals surface area contributed by atoms with Crippen molar-refractivity contribution in [2.75, 3.05) is 33.4 Å². The molecule has 1 rings (SSSR count). The van der Waals surface area contributed by atoms with Gasteiger partial charge in [-0.2, -0.15) is 0 Å². The lowest BCUT2D eigenvalue weighted by Gasteiger charge is -2.23. The third kappa shape index (κ3) is 4.43. The van der Waals surface area contributed by atoms with Gasteiger partial charge in [0.1, 0.15) is 0 Å². The molecule has 2 N–H and O–H groups in total. The highest BCUT2D eigenvalue weighted by molar-refractivity contribution is 5.66. The van der Waals surface area contributed by atoms with Crippen LogP contribution in [0.5, 0.6) is 0 Å². The number of morpholine rings is 1. The van der Waals surface area contributed by atoms with E-state index in [9.17, 15) is 4.79 Å². The minimum absolute atomic E-state index is 0.363. The van der Waals surface area contributed by atoms with Crippen molar-refractivity contribution in [3.8, 4) is 0 Å². The maximum absolute atomic E-state index is 10.7. The minimum atomic E-state index is -0.363. The van der Waals surface area contributed by atoms with Gasteiger partial charge in [0.2, 0.25) is 0 Å². The van der Waals surface area contributed by atoms with Gasteiger partial charge >= 0.3 is 6.09 Å². The normalized spacial score (nSPS) is 21.6. The number of hydrogen-bond donors (Lipinski definition) is 2. The summed E-state index contributed by atoms with van der Waals surface area (Å²) in [6.45, 7) is 3.16. The predicted octanol–water partition coefficient (Wildman–Crippen LogP) is 0.111. The van der Waals surface area contributed by atoms with Gasteiger partial charge in [-0.25, -0.2) is 4.79 Å². The van der Waals surface area contributed by atoms with Crippen LogP contribution in [0.1, 0.15) is 12.8 Å². The molecule has 1 atom stereocenters. The summed E-state index contributed by atoms with van der Waals surface area (Å²) in [6.07, 6.45) is 1.60. The number of rotatable bonds is 4.